The second-order valence-electron chi connectivity index (χ2n) is 6.28. The van der Waals surface area contributed by atoms with Crippen molar-refractivity contribution in [2.75, 3.05) is 6.61 Å². The number of ether oxygens (including phenoxy) is 1. The molecule has 0 unspecified atom stereocenters. The van der Waals surface area contributed by atoms with Crippen molar-refractivity contribution in [2.45, 2.75) is 44.9 Å². The minimum atomic E-state index is -0.842. The van der Waals surface area contributed by atoms with Crippen LogP contribution in [0.15, 0.2) is 24.3 Å². The van der Waals surface area contributed by atoms with E-state index in [-0.39, 0.29) is 5.75 Å². The van der Waals surface area contributed by atoms with Crippen LogP contribution in [0.25, 0.3) is 0 Å². The van der Waals surface area contributed by atoms with E-state index >= 15 is 0 Å². The second kappa shape index (κ2) is 6.59. The Balaban J connectivity index is 1.60. The van der Waals surface area contributed by atoms with E-state index in [0.717, 1.165) is 12.8 Å². The second-order valence-corrected chi connectivity index (χ2v) is 6.28. The van der Waals surface area contributed by atoms with Crippen molar-refractivity contribution in [3.05, 3.63) is 41.5 Å². The maximum absolute atomic E-state index is 14.0. The summed E-state index contributed by atoms with van der Waals surface area (Å²) in [6.45, 7) is 0.497. The van der Waals surface area contributed by atoms with Crippen LogP contribution in [0.3, 0.4) is 0 Å². The molecule has 2 aliphatic rings. The van der Waals surface area contributed by atoms with Gasteiger partial charge in [0, 0.05) is 0 Å². The lowest BCUT2D eigenvalue weighted by atomic mass is 10.1. The first-order valence-corrected chi connectivity index (χ1v) is 8.00. The predicted molar refractivity (Wildman–Crippen MR) is 79.4 cm³/mol. The molecule has 0 heterocycles. The van der Waals surface area contributed by atoms with Crippen LogP contribution >= 0.6 is 0 Å². The van der Waals surface area contributed by atoms with Crippen molar-refractivity contribution in [1.29, 1.82) is 0 Å². The molecule has 0 aliphatic heterocycles. The van der Waals surface area contributed by atoms with Crippen LogP contribution in [0.2, 0.25) is 0 Å². The molecule has 0 spiro atoms. The van der Waals surface area contributed by atoms with Crippen molar-refractivity contribution in [1.82, 2.24) is 0 Å². The molecule has 2 aliphatic carbocycles. The number of halogens is 2. The van der Waals surface area contributed by atoms with Gasteiger partial charge in [0.2, 0.25) is 5.82 Å². The molecule has 1 aromatic rings. The highest BCUT2D eigenvalue weighted by Gasteiger charge is 2.19. The maximum atomic E-state index is 14.0. The Hall–Kier alpha value is -1.38. The molecule has 1 nitrogen and oxygen atoms in total. The van der Waals surface area contributed by atoms with Crippen molar-refractivity contribution >= 4 is 0 Å². The van der Waals surface area contributed by atoms with Gasteiger partial charge in [0.25, 0.3) is 0 Å². The molecule has 0 saturated heterocycles. The summed E-state index contributed by atoms with van der Waals surface area (Å²) in [7, 11) is 0. The van der Waals surface area contributed by atoms with E-state index in [9.17, 15) is 8.78 Å². The fourth-order valence-corrected chi connectivity index (χ4v) is 2.90. The molecular formula is C18H22F2O. The lowest BCUT2D eigenvalue weighted by Gasteiger charge is -2.13. The highest BCUT2D eigenvalue weighted by Crippen LogP contribution is 2.31. The topological polar surface area (TPSA) is 9.23 Å². The van der Waals surface area contributed by atoms with Crippen molar-refractivity contribution < 1.29 is 13.5 Å². The number of rotatable bonds is 6. The van der Waals surface area contributed by atoms with Gasteiger partial charge in [0.1, 0.15) is 0 Å². The summed E-state index contributed by atoms with van der Waals surface area (Å²) in [6, 6.07) is 3.20. The highest BCUT2D eigenvalue weighted by molar-refractivity contribution is 5.32. The average molecular weight is 292 g/mol. The third kappa shape index (κ3) is 3.84. The van der Waals surface area contributed by atoms with E-state index in [1.165, 1.54) is 25.7 Å². The number of hydrogen-bond acceptors (Lipinski definition) is 1. The lowest BCUT2D eigenvalue weighted by Crippen LogP contribution is -2.10. The molecule has 2 fully saturated rings. The van der Waals surface area contributed by atoms with Crippen molar-refractivity contribution in [2.24, 2.45) is 11.8 Å². The summed E-state index contributed by atoms with van der Waals surface area (Å²) in [4.78, 5) is 0. The van der Waals surface area contributed by atoms with Gasteiger partial charge in [-0.15, -0.1) is 0 Å². The monoisotopic (exact) mass is 292 g/mol. The van der Waals surface area contributed by atoms with E-state index in [1.807, 2.05) is 6.08 Å². The zero-order valence-electron chi connectivity index (χ0n) is 12.3. The van der Waals surface area contributed by atoms with Crippen LogP contribution in [0.1, 0.15) is 44.1 Å². The standard InChI is InChI=1S/C18H22F2O/c19-17-15(7-3-6-13-8-9-13)10-11-16(18(17)20)21-12-14-4-1-2-5-14/h3,6,10-11,13-14H,1-2,4-5,7-9,12H2/b6-3+. The van der Waals surface area contributed by atoms with E-state index in [0.29, 0.717) is 30.4 Å². The third-order valence-electron chi connectivity index (χ3n) is 4.44. The first-order chi connectivity index (χ1) is 10.2. The third-order valence-corrected chi connectivity index (χ3v) is 4.44. The maximum Gasteiger partial charge on any atom is 0.200 e. The molecule has 1 aromatic carbocycles. The minimum absolute atomic E-state index is 0.0503. The van der Waals surface area contributed by atoms with Crippen LogP contribution in [-0.2, 0) is 6.42 Å². The number of allylic oxidation sites excluding steroid dienone is 2. The van der Waals surface area contributed by atoms with E-state index in [4.69, 9.17) is 4.74 Å². The fraction of sp³-hybridized carbons (Fsp3) is 0.556. The van der Waals surface area contributed by atoms with Gasteiger partial charge in [-0.2, -0.15) is 4.39 Å². The zero-order valence-corrected chi connectivity index (χ0v) is 12.3. The first kappa shape index (κ1) is 14.6. The molecular weight excluding hydrogens is 270 g/mol. The Bertz CT molecular complexity index is 514. The Morgan fingerprint density at radius 2 is 1.81 bits per heavy atom. The SMILES string of the molecule is Fc1c(C/C=C/C2CC2)ccc(OCC2CCCC2)c1F. The normalized spacial score (nSPS) is 19.5. The highest BCUT2D eigenvalue weighted by atomic mass is 19.2. The summed E-state index contributed by atoms with van der Waals surface area (Å²) in [5.74, 6) is -0.403. The van der Waals surface area contributed by atoms with Crippen LogP contribution in [0.4, 0.5) is 8.78 Å². The van der Waals surface area contributed by atoms with E-state index in [2.05, 4.69) is 6.08 Å². The molecule has 0 amide bonds. The van der Waals surface area contributed by atoms with Gasteiger partial charge in [0.15, 0.2) is 11.6 Å². The summed E-state index contributed by atoms with van der Waals surface area (Å²) < 4.78 is 33.5. The molecule has 3 rings (SSSR count). The Morgan fingerprint density at radius 1 is 1.05 bits per heavy atom. The molecule has 0 N–H and O–H groups in total. The van der Waals surface area contributed by atoms with Gasteiger partial charge >= 0.3 is 0 Å². The fourth-order valence-electron chi connectivity index (χ4n) is 2.90. The van der Waals surface area contributed by atoms with Crippen LogP contribution < -0.4 is 4.74 Å². The van der Waals surface area contributed by atoms with Gasteiger partial charge in [-0.3, -0.25) is 0 Å². The van der Waals surface area contributed by atoms with Crippen molar-refractivity contribution in [3.63, 3.8) is 0 Å². The quantitative estimate of drug-likeness (QED) is 0.667. The van der Waals surface area contributed by atoms with E-state index in [1.54, 1.807) is 12.1 Å². The van der Waals surface area contributed by atoms with Crippen LogP contribution in [0.5, 0.6) is 5.75 Å². The molecule has 0 radical (unpaired) electrons. The summed E-state index contributed by atoms with van der Waals surface area (Å²) in [6.07, 6.45) is 11.6. The van der Waals surface area contributed by atoms with Crippen molar-refractivity contribution in [3.8, 4) is 5.75 Å². The molecule has 2 saturated carbocycles. The number of benzene rings is 1. The lowest BCUT2D eigenvalue weighted by molar-refractivity contribution is 0.239. The van der Waals surface area contributed by atoms with Gasteiger partial charge < -0.3 is 4.74 Å². The Kier molecular flexibility index (Phi) is 4.57. The molecule has 0 atom stereocenters. The summed E-state index contributed by atoms with van der Waals surface area (Å²) in [5, 5.41) is 0. The Labute approximate surface area is 125 Å². The van der Waals surface area contributed by atoms with Gasteiger partial charge in [0.05, 0.1) is 6.61 Å². The van der Waals surface area contributed by atoms with Gasteiger partial charge in [-0.25, -0.2) is 4.39 Å². The van der Waals surface area contributed by atoms with Crippen LogP contribution in [-0.4, -0.2) is 6.61 Å². The average Bonchev–Trinajstić information content (AvgIpc) is 3.16. The first-order valence-electron chi connectivity index (χ1n) is 8.00. The summed E-state index contributed by atoms with van der Waals surface area (Å²) >= 11 is 0. The smallest absolute Gasteiger partial charge is 0.200 e. The van der Waals surface area contributed by atoms with Gasteiger partial charge in [-0.05, 0) is 55.6 Å². The molecule has 114 valence electrons. The largest absolute Gasteiger partial charge is 0.490 e. The Morgan fingerprint density at radius 3 is 2.52 bits per heavy atom. The minimum Gasteiger partial charge on any atom is -0.490 e. The molecule has 3 heteroatoms. The zero-order chi connectivity index (χ0) is 14.7. The molecule has 21 heavy (non-hydrogen) atoms. The molecule has 0 aromatic heterocycles. The summed E-state index contributed by atoms with van der Waals surface area (Å²) in [5.41, 5.74) is 0.401. The van der Waals surface area contributed by atoms with Crippen LogP contribution in [0, 0.1) is 23.5 Å². The molecule has 0 bridgehead atoms. The number of hydrogen-bond donors (Lipinski definition) is 0. The predicted octanol–water partition coefficient (Wildman–Crippen LogP) is 5.04. The van der Waals surface area contributed by atoms with Gasteiger partial charge in [-0.1, -0.05) is 31.1 Å². The van der Waals surface area contributed by atoms with E-state index < -0.39 is 11.6 Å².